The van der Waals surface area contributed by atoms with E-state index < -0.39 is 11.7 Å². The van der Waals surface area contributed by atoms with E-state index in [4.69, 9.17) is 4.74 Å². The molecule has 1 saturated carbocycles. The molecule has 4 aliphatic carbocycles. The van der Waals surface area contributed by atoms with Crippen LogP contribution in [0.15, 0.2) is 70.4 Å². The number of aliphatic hydroxyl groups excluding tert-OH is 1. The van der Waals surface area contributed by atoms with Crippen molar-refractivity contribution in [1.82, 2.24) is 0 Å². The minimum Gasteiger partial charge on any atom is -0.445 e. The fourth-order valence-corrected chi connectivity index (χ4v) is 8.14. The maximum Gasteiger partial charge on any atom is 0.339 e. The van der Waals surface area contributed by atoms with Crippen molar-refractivity contribution in [2.24, 2.45) is 40.9 Å². The van der Waals surface area contributed by atoms with Gasteiger partial charge < -0.3 is 14.6 Å². The van der Waals surface area contributed by atoms with Gasteiger partial charge >= 0.3 is 5.97 Å². The zero-order valence-electron chi connectivity index (χ0n) is 26.2. The van der Waals surface area contributed by atoms with Crippen molar-refractivity contribution < 1.29 is 19.4 Å². The van der Waals surface area contributed by atoms with E-state index in [0.29, 0.717) is 36.2 Å². The van der Waals surface area contributed by atoms with Crippen molar-refractivity contribution >= 4 is 11.8 Å². The molecule has 1 fully saturated rings. The summed E-state index contributed by atoms with van der Waals surface area (Å²) in [4.78, 5) is 25.4. The minimum atomic E-state index is -1.03. The molecular formula is C37H50O4. The molecule has 0 aromatic carbocycles. The number of ketones is 1. The number of cyclic esters (lactones) is 1. The second-order valence-electron chi connectivity index (χ2n) is 14.3. The first-order valence-corrected chi connectivity index (χ1v) is 16.0. The molecule has 5 rings (SSSR count). The quantitative estimate of drug-likeness (QED) is 0.230. The number of carbonyl (C=O) groups is 2. The van der Waals surface area contributed by atoms with Gasteiger partial charge in [-0.15, -0.1) is 0 Å². The molecule has 0 aromatic rings. The number of carbonyl (C=O) groups excluding carboxylic acids is 2. The lowest BCUT2D eigenvalue weighted by Gasteiger charge is -2.49. The van der Waals surface area contributed by atoms with Gasteiger partial charge in [0.2, 0.25) is 0 Å². The summed E-state index contributed by atoms with van der Waals surface area (Å²) in [5.41, 5.74) is 3.82. The maximum atomic E-state index is 13.7. The number of rotatable bonds is 9. The maximum absolute atomic E-state index is 13.7. The van der Waals surface area contributed by atoms with Gasteiger partial charge in [-0.25, -0.2) is 4.79 Å². The second kappa shape index (κ2) is 11.3. The molecule has 222 valence electrons. The first-order chi connectivity index (χ1) is 19.4. The summed E-state index contributed by atoms with van der Waals surface area (Å²) in [6, 6.07) is 0. The Morgan fingerprint density at radius 2 is 1.73 bits per heavy atom. The molecule has 1 aliphatic heterocycles. The Hall–Kier alpha value is -2.46. The van der Waals surface area contributed by atoms with Crippen LogP contribution >= 0.6 is 0 Å². The van der Waals surface area contributed by atoms with Crippen LogP contribution in [0.3, 0.4) is 0 Å². The van der Waals surface area contributed by atoms with Gasteiger partial charge in [-0.1, -0.05) is 94.7 Å². The molecule has 4 nitrogen and oxygen atoms in total. The van der Waals surface area contributed by atoms with E-state index in [1.807, 2.05) is 6.08 Å². The molecule has 0 amide bonds. The van der Waals surface area contributed by atoms with E-state index >= 15 is 0 Å². The van der Waals surface area contributed by atoms with E-state index in [2.05, 4.69) is 78.0 Å². The van der Waals surface area contributed by atoms with E-state index in [1.54, 1.807) is 6.92 Å². The molecule has 1 N–H and O–H groups in total. The molecule has 0 bridgehead atoms. The van der Waals surface area contributed by atoms with Crippen LogP contribution in [0, 0.1) is 40.9 Å². The molecule has 1 spiro atoms. The lowest BCUT2D eigenvalue weighted by atomic mass is 9.59. The molecule has 0 radical (unpaired) electrons. The van der Waals surface area contributed by atoms with Crippen molar-refractivity contribution in [2.75, 3.05) is 0 Å². The number of esters is 1. The van der Waals surface area contributed by atoms with Crippen LogP contribution in [-0.4, -0.2) is 28.6 Å². The lowest BCUT2D eigenvalue weighted by molar-refractivity contribution is -0.154. The van der Waals surface area contributed by atoms with Crippen molar-refractivity contribution in [3.63, 3.8) is 0 Å². The third-order valence-electron chi connectivity index (χ3n) is 10.7. The Bertz CT molecular complexity index is 1270. The molecule has 4 heteroatoms. The largest absolute Gasteiger partial charge is 0.445 e. The Balaban J connectivity index is 1.63. The number of Topliss-reactive ketones (excluding diaryl/α,β-unsaturated/α-hetero) is 1. The van der Waals surface area contributed by atoms with E-state index in [0.717, 1.165) is 36.8 Å². The van der Waals surface area contributed by atoms with Gasteiger partial charge in [-0.3, -0.25) is 0 Å². The summed E-state index contributed by atoms with van der Waals surface area (Å²) >= 11 is 0. The normalized spacial score (nSPS) is 37.0. The fourth-order valence-electron chi connectivity index (χ4n) is 8.14. The zero-order valence-corrected chi connectivity index (χ0v) is 26.2. The van der Waals surface area contributed by atoms with E-state index in [1.165, 1.54) is 17.6 Å². The third kappa shape index (κ3) is 5.42. The SMILES string of the molecule is CC(=O)CCC(C)C1=CC2(CC2C)C(C2(C3=C(C)CC(CCC(C)C)C=C3)OC(=O)C3=C2C=CC(C)C=C3)C(O)C1. The average Bonchev–Trinajstić information content (AvgIpc) is 3.50. The minimum absolute atomic E-state index is 0.207. The van der Waals surface area contributed by atoms with Crippen LogP contribution in [0.1, 0.15) is 93.4 Å². The van der Waals surface area contributed by atoms with Gasteiger partial charge in [-0.2, -0.15) is 0 Å². The van der Waals surface area contributed by atoms with Gasteiger partial charge in [0, 0.05) is 23.3 Å². The number of ether oxygens (including phenoxy) is 1. The van der Waals surface area contributed by atoms with Gasteiger partial charge in [0.15, 0.2) is 5.60 Å². The highest BCUT2D eigenvalue weighted by Gasteiger charge is 2.69. The summed E-state index contributed by atoms with van der Waals surface area (Å²) in [7, 11) is 0. The predicted octanol–water partition coefficient (Wildman–Crippen LogP) is 8.01. The van der Waals surface area contributed by atoms with Crippen LogP contribution in [0.2, 0.25) is 0 Å². The van der Waals surface area contributed by atoms with Crippen LogP contribution < -0.4 is 0 Å². The number of hydrogen-bond acceptors (Lipinski definition) is 4. The van der Waals surface area contributed by atoms with Crippen molar-refractivity contribution in [1.29, 1.82) is 0 Å². The van der Waals surface area contributed by atoms with Crippen molar-refractivity contribution in [3.8, 4) is 0 Å². The number of allylic oxidation sites excluding steroid dienone is 5. The van der Waals surface area contributed by atoms with Crippen LogP contribution in [0.25, 0.3) is 0 Å². The van der Waals surface area contributed by atoms with Crippen LogP contribution in [0.4, 0.5) is 0 Å². The molecule has 8 atom stereocenters. The van der Waals surface area contributed by atoms with Gasteiger partial charge in [0.25, 0.3) is 0 Å². The highest BCUT2D eigenvalue weighted by atomic mass is 16.6. The summed E-state index contributed by atoms with van der Waals surface area (Å²) in [5, 5.41) is 12.2. The zero-order chi connectivity index (χ0) is 29.7. The molecule has 5 aliphatic rings. The molecular weight excluding hydrogens is 508 g/mol. The summed E-state index contributed by atoms with van der Waals surface area (Å²) in [5.74, 6) is 1.60. The Kier molecular flexibility index (Phi) is 8.29. The highest BCUT2D eigenvalue weighted by Crippen LogP contribution is 2.69. The second-order valence-corrected chi connectivity index (χ2v) is 14.3. The van der Waals surface area contributed by atoms with Crippen molar-refractivity contribution in [2.45, 2.75) is 105 Å². The molecule has 8 unspecified atom stereocenters. The monoisotopic (exact) mass is 558 g/mol. The Morgan fingerprint density at radius 3 is 2.37 bits per heavy atom. The van der Waals surface area contributed by atoms with Gasteiger partial charge in [0.05, 0.1) is 11.7 Å². The summed E-state index contributed by atoms with van der Waals surface area (Å²) in [6.45, 7) is 15.0. The lowest BCUT2D eigenvalue weighted by Crippen LogP contribution is -2.54. The molecule has 0 aromatic heterocycles. The van der Waals surface area contributed by atoms with E-state index in [-0.39, 0.29) is 34.9 Å². The summed E-state index contributed by atoms with van der Waals surface area (Å²) < 4.78 is 6.68. The topological polar surface area (TPSA) is 63.6 Å². The predicted molar refractivity (Wildman–Crippen MR) is 165 cm³/mol. The van der Waals surface area contributed by atoms with Crippen molar-refractivity contribution in [3.05, 3.63) is 70.4 Å². The molecule has 41 heavy (non-hydrogen) atoms. The fraction of sp³-hybridized carbons (Fsp3) is 0.622. The first kappa shape index (κ1) is 30.0. The highest BCUT2D eigenvalue weighted by molar-refractivity contribution is 5.98. The van der Waals surface area contributed by atoms with Gasteiger partial charge in [-0.05, 0) is 81.1 Å². The number of hydrogen-bond donors (Lipinski definition) is 1. The summed E-state index contributed by atoms with van der Waals surface area (Å²) in [6.07, 6.45) is 20.8. The van der Waals surface area contributed by atoms with Crippen LogP contribution in [-0.2, 0) is 14.3 Å². The average molecular weight is 559 g/mol. The first-order valence-electron chi connectivity index (χ1n) is 16.0. The Morgan fingerprint density at radius 1 is 1.05 bits per heavy atom. The molecule has 1 heterocycles. The number of aliphatic hydroxyl groups is 1. The third-order valence-corrected chi connectivity index (χ3v) is 10.7. The van der Waals surface area contributed by atoms with Crippen LogP contribution in [0.5, 0.6) is 0 Å². The van der Waals surface area contributed by atoms with Gasteiger partial charge in [0.1, 0.15) is 5.78 Å². The smallest absolute Gasteiger partial charge is 0.339 e. The molecule has 0 saturated heterocycles. The standard InChI is InChI=1S/C37H50O4/c1-22(2)8-13-28-14-17-31(25(5)18-28)37(32-16-10-23(3)9-15-30(32)35(40)41-37)34-33(39)19-29(21-36(34)20-26(36)6)24(4)11-12-27(7)38/h9-10,14-17,21-24,26,28,33-34,39H,8,11-13,18-20H2,1-7H3. The Labute approximate surface area is 247 Å². The van der Waals surface area contributed by atoms with E-state index in [9.17, 15) is 14.7 Å².